The van der Waals surface area contributed by atoms with Gasteiger partial charge in [0.05, 0.1) is 0 Å². The first kappa shape index (κ1) is 11.4. The molecule has 2 aliphatic carbocycles. The van der Waals surface area contributed by atoms with Crippen LogP contribution in [0, 0.1) is 0 Å². The van der Waals surface area contributed by atoms with Crippen molar-refractivity contribution in [1.29, 1.82) is 0 Å². The van der Waals surface area contributed by atoms with Crippen LogP contribution >= 0.6 is 11.8 Å². The van der Waals surface area contributed by atoms with E-state index in [2.05, 4.69) is 28.2 Å². The van der Waals surface area contributed by atoms with Crippen LogP contribution in [0.2, 0.25) is 0 Å². The smallest absolute Gasteiger partial charge is 0.0209 e. The summed E-state index contributed by atoms with van der Waals surface area (Å²) in [7, 11) is 0. The van der Waals surface area contributed by atoms with Crippen molar-refractivity contribution in [2.45, 2.75) is 61.9 Å². The SMILES string of the molecule is CSC1CCC(NC2CCN(C3CC3)C2)C1. The van der Waals surface area contributed by atoms with E-state index in [1.54, 1.807) is 0 Å². The number of thioether (sulfide) groups is 1. The molecule has 1 saturated heterocycles. The van der Waals surface area contributed by atoms with Crippen molar-refractivity contribution in [2.75, 3.05) is 19.3 Å². The van der Waals surface area contributed by atoms with Crippen molar-refractivity contribution >= 4 is 11.8 Å². The predicted molar refractivity (Wildman–Crippen MR) is 71.1 cm³/mol. The number of hydrogen-bond donors (Lipinski definition) is 1. The molecule has 3 unspecified atom stereocenters. The number of nitrogens with zero attached hydrogens (tertiary/aromatic N) is 1. The van der Waals surface area contributed by atoms with E-state index in [0.717, 1.165) is 23.4 Å². The topological polar surface area (TPSA) is 15.3 Å². The second kappa shape index (κ2) is 4.87. The van der Waals surface area contributed by atoms with Crippen molar-refractivity contribution < 1.29 is 0 Å². The summed E-state index contributed by atoms with van der Waals surface area (Å²) in [6.45, 7) is 2.67. The van der Waals surface area contributed by atoms with Gasteiger partial charge in [0, 0.05) is 36.5 Å². The van der Waals surface area contributed by atoms with E-state index >= 15 is 0 Å². The normalized spacial score (nSPS) is 40.7. The molecular weight excluding hydrogens is 216 g/mol. The van der Waals surface area contributed by atoms with Gasteiger partial charge in [0.25, 0.3) is 0 Å². The van der Waals surface area contributed by atoms with E-state index in [-0.39, 0.29) is 0 Å². The van der Waals surface area contributed by atoms with E-state index in [1.165, 1.54) is 51.6 Å². The van der Waals surface area contributed by atoms with Crippen LogP contribution in [0.1, 0.15) is 38.5 Å². The van der Waals surface area contributed by atoms with Gasteiger partial charge in [-0.1, -0.05) is 0 Å². The molecule has 1 N–H and O–H groups in total. The molecule has 0 aromatic heterocycles. The molecule has 3 fully saturated rings. The summed E-state index contributed by atoms with van der Waals surface area (Å²) in [5.41, 5.74) is 0. The molecule has 3 aliphatic rings. The lowest BCUT2D eigenvalue weighted by Gasteiger charge is -2.20. The van der Waals surface area contributed by atoms with Gasteiger partial charge >= 0.3 is 0 Å². The van der Waals surface area contributed by atoms with Crippen LogP contribution in [-0.4, -0.2) is 47.6 Å². The summed E-state index contributed by atoms with van der Waals surface area (Å²) in [5, 5.41) is 4.83. The van der Waals surface area contributed by atoms with Gasteiger partial charge in [0.2, 0.25) is 0 Å². The van der Waals surface area contributed by atoms with Crippen LogP contribution in [0.25, 0.3) is 0 Å². The Morgan fingerprint density at radius 1 is 1.06 bits per heavy atom. The van der Waals surface area contributed by atoms with Crippen LogP contribution in [-0.2, 0) is 0 Å². The minimum Gasteiger partial charge on any atom is -0.310 e. The zero-order valence-corrected chi connectivity index (χ0v) is 11.1. The molecule has 2 saturated carbocycles. The van der Waals surface area contributed by atoms with Crippen molar-refractivity contribution in [2.24, 2.45) is 0 Å². The Labute approximate surface area is 104 Å². The summed E-state index contributed by atoms with van der Waals surface area (Å²) in [6.07, 6.45) is 10.8. The van der Waals surface area contributed by atoms with Crippen LogP contribution in [0.5, 0.6) is 0 Å². The molecular formula is C13H24N2S. The molecule has 16 heavy (non-hydrogen) atoms. The van der Waals surface area contributed by atoms with Gasteiger partial charge in [-0.2, -0.15) is 11.8 Å². The molecule has 0 bridgehead atoms. The number of nitrogens with one attached hydrogen (secondary N) is 1. The maximum Gasteiger partial charge on any atom is 0.0209 e. The minimum atomic E-state index is 0.797. The molecule has 92 valence electrons. The Kier molecular flexibility index (Phi) is 3.46. The summed E-state index contributed by atoms with van der Waals surface area (Å²) >= 11 is 2.06. The second-order valence-corrected chi connectivity index (χ2v) is 6.88. The largest absolute Gasteiger partial charge is 0.310 e. The number of rotatable bonds is 4. The fourth-order valence-corrected chi connectivity index (χ4v) is 4.13. The standard InChI is InChI=1S/C13H24N2S/c1-16-13-5-2-10(8-13)14-11-6-7-15(9-11)12-3-4-12/h10-14H,2-9H2,1H3. The summed E-state index contributed by atoms with van der Waals surface area (Å²) < 4.78 is 0. The van der Waals surface area contributed by atoms with Crippen molar-refractivity contribution in [3.8, 4) is 0 Å². The molecule has 3 heteroatoms. The fraction of sp³-hybridized carbons (Fsp3) is 1.00. The highest BCUT2D eigenvalue weighted by Gasteiger charge is 2.35. The first-order chi connectivity index (χ1) is 7.85. The number of likely N-dealkylation sites (tertiary alicyclic amines) is 1. The lowest BCUT2D eigenvalue weighted by atomic mass is 10.2. The minimum absolute atomic E-state index is 0.797. The zero-order chi connectivity index (χ0) is 11.0. The fourth-order valence-electron chi connectivity index (χ4n) is 3.33. The van der Waals surface area contributed by atoms with Gasteiger partial charge in [-0.25, -0.2) is 0 Å². The van der Waals surface area contributed by atoms with E-state index in [1.807, 2.05) is 0 Å². The van der Waals surface area contributed by atoms with Gasteiger partial charge < -0.3 is 5.32 Å². The molecule has 2 nitrogen and oxygen atoms in total. The maximum absolute atomic E-state index is 3.90. The van der Waals surface area contributed by atoms with E-state index < -0.39 is 0 Å². The lowest BCUT2D eigenvalue weighted by molar-refractivity contribution is 0.312. The van der Waals surface area contributed by atoms with Crippen LogP contribution in [0.15, 0.2) is 0 Å². The molecule has 3 atom stereocenters. The summed E-state index contributed by atoms with van der Waals surface area (Å²) in [4.78, 5) is 2.71. The summed E-state index contributed by atoms with van der Waals surface area (Å²) in [5.74, 6) is 0. The summed E-state index contributed by atoms with van der Waals surface area (Å²) in [6, 6.07) is 2.59. The molecule has 0 aromatic carbocycles. The molecule has 0 radical (unpaired) electrons. The highest BCUT2D eigenvalue weighted by Crippen LogP contribution is 2.32. The highest BCUT2D eigenvalue weighted by atomic mass is 32.2. The molecule has 0 aromatic rings. The Balaban J connectivity index is 1.42. The third kappa shape index (κ3) is 2.57. The van der Waals surface area contributed by atoms with Crippen molar-refractivity contribution in [3.05, 3.63) is 0 Å². The predicted octanol–water partition coefficient (Wildman–Crippen LogP) is 2.10. The second-order valence-electron chi connectivity index (χ2n) is 5.75. The molecule has 0 spiro atoms. The van der Waals surface area contributed by atoms with E-state index in [0.29, 0.717) is 0 Å². The van der Waals surface area contributed by atoms with Gasteiger partial charge in [-0.15, -0.1) is 0 Å². The zero-order valence-electron chi connectivity index (χ0n) is 10.3. The van der Waals surface area contributed by atoms with Gasteiger partial charge in [-0.05, 0) is 44.8 Å². The quantitative estimate of drug-likeness (QED) is 0.810. The van der Waals surface area contributed by atoms with E-state index in [4.69, 9.17) is 0 Å². The van der Waals surface area contributed by atoms with Crippen molar-refractivity contribution in [3.63, 3.8) is 0 Å². The van der Waals surface area contributed by atoms with E-state index in [9.17, 15) is 0 Å². The maximum atomic E-state index is 3.90. The third-order valence-electron chi connectivity index (χ3n) is 4.47. The molecule has 1 aliphatic heterocycles. The molecule has 0 amide bonds. The monoisotopic (exact) mass is 240 g/mol. The average Bonchev–Trinajstić information content (AvgIpc) is 2.88. The first-order valence-electron chi connectivity index (χ1n) is 6.88. The number of hydrogen-bond acceptors (Lipinski definition) is 3. The van der Waals surface area contributed by atoms with Crippen LogP contribution in [0.3, 0.4) is 0 Å². The third-order valence-corrected chi connectivity index (χ3v) is 5.57. The Morgan fingerprint density at radius 2 is 1.94 bits per heavy atom. The van der Waals surface area contributed by atoms with Crippen LogP contribution < -0.4 is 5.32 Å². The van der Waals surface area contributed by atoms with Crippen molar-refractivity contribution in [1.82, 2.24) is 10.2 Å². The highest BCUT2D eigenvalue weighted by molar-refractivity contribution is 7.99. The lowest BCUT2D eigenvalue weighted by Crippen LogP contribution is -2.39. The van der Waals surface area contributed by atoms with Gasteiger partial charge in [0.15, 0.2) is 0 Å². The Bertz CT molecular complexity index is 242. The van der Waals surface area contributed by atoms with Gasteiger partial charge in [-0.3, -0.25) is 4.90 Å². The molecule has 3 rings (SSSR count). The van der Waals surface area contributed by atoms with Gasteiger partial charge in [0.1, 0.15) is 0 Å². The molecule has 1 heterocycles. The van der Waals surface area contributed by atoms with Crippen LogP contribution in [0.4, 0.5) is 0 Å². The average molecular weight is 240 g/mol. The first-order valence-corrected chi connectivity index (χ1v) is 8.17. The Hall–Kier alpha value is 0.270. The Morgan fingerprint density at radius 3 is 2.62 bits per heavy atom.